The van der Waals surface area contributed by atoms with E-state index in [-0.39, 0.29) is 16.2 Å². The molecule has 4 rings (SSSR count). The van der Waals surface area contributed by atoms with Crippen molar-refractivity contribution in [2.45, 2.75) is 16.5 Å². The topological polar surface area (TPSA) is 34.5 Å². The van der Waals surface area contributed by atoms with E-state index in [1.54, 1.807) is 0 Å². The van der Waals surface area contributed by atoms with Gasteiger partial charge in [0, 0.05) is 23.9 Å². The van der Waals surface area contributed by atoms with Crippen LogP contribution in [0.1, 0.15) is 23.7 Å². The number of nitrogens with zero attached hydrogens (tertiary/aromatic N) is 2. The summed E-state index contributed by atoms with van der Waals surface area (Å²) in [4.78, 5) is 15.0. The largest absolute Gasteiger partial charge is 0.452 e. The van der Waals surface area contributed by atoms with Crippen molar-refractivity contribution < 1.29 is 9.53 Å². The number of fused-ring (bicyclic) bond motifs is 6. The highest BCUT2D eigenvalue weighted by Crippen LogP contribution is 2.61. The Balaban J connectivity index is 2.16. The molecule has 1 aliphatic carbocycles. The number of carbonyl (C=O) groups is 1. The molecule has 0 amide bonds. The summed E-state index contributed by atoms with van der Waals surface area (Å²) in [5.74, 6) is 0.374. The van der Waals surface area contributed by atoms with Crippen LogP contribution in [-0.4, -0.2) is 42.2 Å². The molecular formula is C19H22N2O2S2. The second kappa shape index (κ2) is 6.02. The Morgan fingerprint density at radius 2 is 2.00 bits per heavy atom. The summed E-state index contributed by atoms with van der Waals surface area (Å²) in [6.07, 6.45) is 9.55. The van der Waals surface area contributed by atoms with Crippen LogP contribution in [0.2, 0.25) is 0 Å². The molecule has 0 spiro atoms. The summed E-state index contributed by atoms with van der Waals surface area (Å²) in [5.41, 5.74) is 3.30. The van der Waals surface area contributed by atoms with Crippen molar-refractivity contribution in [2.75, 3.05) is 26.7 Å². The molecule has 1 aromatic carbocycles. The van der Waals surface area contributed by atoms with Crippen molar-refractivity contribution in [3.05, 3.63) is 47.8 Å². The van der Waals surface area contributed by atoms with Crippen LogP contribution in [0.5, 0.6) is 0 Å². The number of methoxy groups -OCH3 is 1. The molecule has 1 aromatic heterocycles. The molecule has 0 radical (unpaired) electrons. The van der Waals surface area contributed by atoms with E-state index < -0.39 is 0 Å². The molecule has 6 heteroatoms. The molecule has 2 aromatic rings. The van der Waals surface area contributed by atoms with Gasteiger partial charge in [-0.05, 0) is 31.2 Å². The van der Waals surface area contributed by atoms with Gasteiger partial charge in [0.2, 0.25) is 0 Å². The minimum Gasteiger partial charge on any atom is -0.452 e. The molecule has 2 atom stereocenters. The number of allylic oxidation sites excluding steroid dienone is 1. The molecule has 0 saturated carbocycles. The number of benzene rings is 1. The predicted octanol–water partition coefficient (Wildman–Crippen LogP) is 4.65. The Hall–Kier alpha value is -1.53. The number of hydrogen-bond acceptors (Lipinski definition) is 5. The van der Waals surface area contributed by atoms with E-state index in [1.807, 2.05) is 40.2 Å². The van der Waals surface area contributed by atoms with Crippen LogP contribution >= 0.6 is 23.5 Å². The SMILES string of the molecule is COC(=O)n1c2c(c3ccccc31)[C@H]1C[C@H](C=CN1C)C2(SC)SC. The van der Waals surface area contributed by atoms with Gasteiger partial charge >= 0.3 is 6.09 Å². The smallest absolute Gasteiger partial charge is 0.418 e. The number of ether oxygens (including phenoxy) is 1. The first-order valence-corrected chi connectivity index (χ1v) is 10.8. The van der Waals surface area contributed by atoms with E-state index in [2.05, 4.69) is 48.9 Å². The average Bonchev–Trinajstić information content (AvgIpc) is 3.00. The Morgan fingerprint density at radius 1 is 1.28 bits per heavy atom. The fourth-order valence-corrected chi connectivity index (χ4v) is 6.82. The lowest BCUT2D eigenvalue weighted by Crippen LogP contribution is -2.42. The lowest BCUT2D eigenvalue weighted by atomic mass is 9.79. The van der Waals surface area contributed by atoms with E-state index in [1.165, 1.54) is 12.7 Å². The predicted molar refractivity (Wildman–Crippen MR) is 106 cm³/mol. The summed E-state index contributed by atoms with van der Waals surface area (Å²) < 4.78 is 6.79. The average molecular weight is 375 g/mol. The number of hydrogen-bond donors (Lipinski definition) is 0. The first-order valence-electron chi connectivity index (χ1n) is 8.31. The number of para-hydroxylation sites is 1. The van der Waals surface area contributed by atoms with Crippen LogP contribution in [0.3, 0.4) is 0 Å². The van der Waals surface area contributed by atoms with Gasteiger partial charge in [-0.15, -0.1) is 23.5 Å². The summed E-state index contributed by atoms with van der Waals surface area (Å²) in [6.45, 7) is 0. The van der Waals surface area contributed by atoms with Gasteiger partial charge in [0.25, 0.3) is 0 Å². The first kappa shape index (κ1) is 16.9. The molecule has 2 aliphatic rings. The fourth-order valence-electron chi connectivity index (χ4n) is 4.41. The molecule has 1 aliphatic heterocycles. The summed E-state index contributed by atoms with van der Waals surface area (Å²) >= 11 is 3.66. The highest BCUT2D eigenvalue weighted by atomic mass is 32.2. The zero-order chi connectivity index (χ0) is 17.8. The standard InChI is InChI=1S/C19H22N2O2S2/c1-20-10-9-12-11-15(20)16-13-7-5-6-8-14(13)21(18(22)23-2)17(16)19(12,24-3)25-4/h5-10,12,15H,11H2,1-4H3/t12-,15+/m0/s1. The van der Waals surface area contributed by atoms with Crippen LogP contribution in [0.15, 0.2) is 36.5 Å². The fraction of sp³-hybridized carbons (Fsp3) is 0.421. The van der Waals surface area contributed by atoms with Crippen LogP contribution in [-0.2, 0) is 8.82 Å². The zero-order valence-electron chi connectivity index (χ0n) is 14.9. The number of thioether (sulfide) groups is 2. The number of rotatable bonds is 2. The van der Waals surface area contributed by atoms with E-state index >= 15 is 0 Å². The van der Waals surface area contributed by atoms with Crippen LogP contribution < -0.4 is 0 Å². The zero-order valence-corrected chi connectivity index (χ0v) is 16.5. The van der Waals surface area contributed by atoms with E-state index in [0.717, 1.165) is 23.0 Å². The normalized spacial score (nSPS) is 23.6. The van der Waals surface area contributed by atoms with Crippen molar-refractivity contribution in [3.63, 3.8) is 0 Å². The van der Waals surface area contributed by atoms with E-state index in [0.29, 0.717) is 5.92 Å². The number of carbonyl (C=O) groups excluding carboxylic acids is 1. The first-order chi connectivity index (χ1) is 12.1. The highest BCUT2D eigenvalue weighted by molar-refractivity contribution is 8.16. The van der Waals surface area contributed by atoms with Crippen LogP contribution in [0.4, 0.5) is 4.79 Å². The van der Waals surface area contributed by atoms with Crippen molar-refractivity contribution in [1.29, 1.82) is 0 Å². The van der Waals surface area contributed by atoms with Gasteiger partial charge in [0.05, 0.1) is 24.4 Å². The lowest BCUT2D eigenvalue weighted by molar-refractivity contribution is 0.171. The van der Waals surface area contributed by atoms with E-state index in [9.17, 15) is 4.79 Å². The third-order valence-electron chi connectivity index (χ3n) is 5.55. The molecule has 0 fully saturated rings. The van der Waals surface area contributed by atoms with Gasteiger partial charge in [-0.2, -0.15) is 0 Å². The van der Waals surface area contributed by atoms with Crippen molar-refractivity contribution in [3.8, 4) is 0 Å². The van der Waals surface area contributed by atoms with E-state index in [4.69, 9.17) is 4.74 Å². The molecule has 132 valence electrons. The molecule has 2 heterocycles. The van der Waals surface area contributed by atoms with Crippen molar-refractivity contribution in [1.82, 2.24) is 9.47 Å². The Bertz CT molecular complexity index is 870. The van der Waals surface area contributed by atoms with Gasteiger partial charge in [0.1, 0.15) is 4.08 Å². The maximum atomic E-state index is 12.8. The Morgan fingerprint density at radius 3 is 2.68 bits per heavy atom. The summed E-state index contributed by atoms with van der Waals surface area (Å²) in [7, 11) is 3.58. The molecule has 0 unspecified atom stereocenters. The maximum absolute atomic E-state index is 12.8. The van der Waals surface area contributed by atoms with Gasteiger partial charge in [-0.25, -0.2) is 9.36 Å². The maximum Gasteiger partial charge on any atom is 0.418 e. The van der Waals surface area contributed by atoms with Crippen LogP contribution in [0.25, 0.3) is 10.9 Å². The van der Waals surface area contributed by atoms with Gasteiger partial charge < -0.3 is 9.64 Å². The van der Waals surface area contributed by atoms with Crippen molar-refractivity contribution in [2.24, 2.45) is 5.92 Å². The Labute approximate surface area is 156 Å². The highest BCUT2D eigenvalue weighted by Gasteiger charge is 2.51. The second-order valence-corrected chi connectivity index (χ2v) is 8.89. The monoisotopic (exact) mass is 374 g/mol. The lowest BCUT2D eigenvalue weighted by Gasteiger charge is -2.48. The molecular weight excluding hydrogens is 352 g/mol. The molecule has 25 heavy (non-hydrogen) atoms. The number of aromatic nitrogens is 1. The van der Waals surface area contributed by atoms with Gasteiger partial charge in [-0.1, -0.05) is 24.3 Å². The van der Waals surface area contributed by atoms with Gasteiger partial charge in [0.15, 0.2) is 0 Å². The van der Waals surface area contributed by atoms with Gasteiger partial charge in [-0.3, -0.25) is 0 Å². The molecule has 0 saturated heterocycles. The quantitative estimate of drug-likeness (QED) is 0.715. The van der Waals surface area contributed by atoms with Crippen LogP contribution in [0, 0.1) is 5.92 Å². The van der Waals surface area contributed by atoms with Crippen molar-refractivity contribution >= 4 is 40.5 Å². The minimum atomic E-state index is -0.309. The Kier molecular flexibility index (Phi) is 4.07. The third-order valence-corrected chi connectivity index (χ3v) is 8.76. The second-order valence-electron chi connectivity index (χ2n) is 6.53. The third kappa shape index (κ3) is 2.13. The summed E-state index contributed by atoms with van der Waals surface area (Å²) in [6, 6.07) is 8.47. The molecule has 2 bridgehead atoms. The minimum absolute atomic E-state index is 0.198. The summed E-state index contributed by atoms with van der Waals surface area (Å²) in [5, 5.41) is 1.15. The molecule has 0 N–H and O–H groups in total. The molecule has 4 nitrogen and oxygen atoms in total.